The first-order valence-corrected chi connectivity index (χ1v) is 8.92. The van der Waals surface area contributed by atoms with Crippen molar-refractivity contribution in [2.75, 3.05) is 38.3 Å². The zero-order valence-corrected chi connectivity index (χ0v) is 14.4. The Morgan fingerprint density at radius 1 is 0.579 bits per heavy atom. The second kappa shape index (κ2) is 7.36. The zero-order chi connectivity index (χ0) is 15.3. The van der Waals surface area contributed by atoms with Crippen LogP contribution < -0.4 is 0 Å². The van der Waals surface area contributed by atoms with Crippen LogP contribution in [0.4, 0.5) is 0 Å². The summed E-state index contributed by atoms with van der Waals surface area (Å²) in [7, 11) is -0.322. The van der Waals surface area contributed by atoms with Crippen molar-refractivity contribution in [1.29, 1.82) is 0 Å². The summed E-state index contributed by atoms with van der Waals surface area (Å²) >= 11 is 0. The molecule has 0 amide bonds. The van der Waals surface area contributed by atoms with E-state index in [0.29, 0.717) is 0 Å². The van der Waals surface area contributed by atoms with E-state index in [-0.39, 0.29) is 44.0 Å². The SMILES string of the molecule is CC(C)(CO)CP(CC(C)(C)CO)CC(C)(C)CO. The number of aliphatic hydroxyl groups excluding tert-OH is 3. The number of hydrogen-bond acceptors (Lipinski definition) is 3. The molecule has 0 bridgehead atoms. The average Bonchev–Trinajstić information content (AvgIpc) is 2.27. The third-order valence-electron chi connectivity index (χ3n) is 3.24. The molecular weight excluding hydrogens is 259 g/mol. The summed E-state index contributed by atoms with van der Waals surface area (Å²) in [5.41, 5.74) is -0.242. The standard InChI is InChI=1S/C15H33O3P/c1-13(2,7-16)10-19(11-14(3,4)8-17)12-15(5,6)9-18/h16-18H,7-12H2,1-6H3. The van der Waals surface area contributed by atoms with Crippen molar-refractivity contribution in [2.45, 2.75) is 41.5 Å². The van der Waals surface area contributed by atoms with Gasteiger partial charge in [-0.15, -0.1) is 7.92 Å². The molecule has 0 aliphatic carbocycles. The highest BCUT2D eigenvalue weighted by Gasteiger charge is 2.31. The van der Waals surface area contributed by atoms with E-state index < -0.39 is 0 Å². The van der Waals surface area contributed by atoms with Crippen LogP contribution in [-0.2, 0) is 0 Å². The van der Waals surface area contributed by atoms with Gasteiger partial charge in [0.2, 0.25) is 0 Å². The van der Waals surface area contributed by atoms with Crippen molar-refractivity contribution in [2.24, 2.45) is 16.2 Å². The first-order valence-electron chi connectivity index (χ1n) is 7.02. The van der Waals surface area contributed by atoms with Gasteiger partial charge in [-0.1, -0.05) is 41.5 Å². The minimum atomic E-state index is -0.322. The number of aliphatic hydroxyl groups is 3. The van der Waals surface area contributed by atoms with Crippen molar-refractivity contribution in [3.05, 3.63) is 0 Å². The van der Waals surface area contributed by atoms with Crippen LogP contribution >= 0.6 is 7.92 Å². The Balaban J connectivity index is 4.84. The van der Waals surface area contributed by atoms with Gasteiger partial charge in [-0.05, 0) is 34.7 Å². The first-order chi connectivity index (χ1) is 8.47. The Morgan fingerprint density at radius 3 is 0.947 bits per heavy atom. The van der Waals surface area contributed by atoms with Crippen LogP contribution in [-0.4, -0.2) is 53.6 Å². The lowest BCUT2D eigenvalue weighted by molar-refractivity contribution is 0.168. The normalized spacial score (nSPS) is 14.2. The summed E-state index contributed by atoms with van der Waals surface area (Å²) in [4.78, 5) is 0. The first kappa shape index (κ1) is 19.3. The summed E-state index contributed by atoms with van der Waals surface area (Å²) in [6, 6.07) is 0. The average molecular weight is 292 g/mol. The van der Waals surface area contributed by atoms with E-state index in [1.807, 2.05) is 0 Å². The van der Waals surface area contributed by atoms with Gasteiger partial charge >= 0.3 is 0 Å². The van der Waals surface area contributed by atoms with Gasteiger partial charge in [-0.3, -0.25) is 0 Å². The minimum Gasteiger partial charge on any atom is -0.396 e. The van der Waals surface area contributed by atoms with Gasteiger partial charge in [0.15, 0.2) is 0 Å². The van der Waals surface area contributed by atoms with E-state index in [2.05, 4.69) is 41.5 Å². The Hall–Kier alpha value is 0.310. The molecule has 0 atom stereocenters. The van der Waals surface area contributed by atoms with Crippen LogP contribution in [0.25, 0.3) is 0 Å². The fourth-order valence-corrected chi connectivity index (χ4v) is 6.40. The second-order valence-electron chi connectivity index (χ2n) is 8.11. The molecule has 0 aromatic heterocycles. The molecule has 0 fully saturated rings. The van der Waals surface area contributed by atoms with E-state index in [4.69, 9.17) is 0 Å². The predicted octanol–water partition coefficient (Wildman–Crippen LogP) is 2.52. The molecule has 0 saturated carbocycles. The Labute approximate surface area is 120 Å². The fourth-order valence-electron chi connectivity index (χ4n) is 2.13. The van der Waals surface area contributed by atoms with Crippen LogP contribution in [0.5, 0.6) is 0 Å². The summed E-state index contributed by atoms with van der Waals surface area (Å²) < 4.78 is 0. The molecule has 19 heavy (non-hydrogen) atoms. The lowest BCUT2D eigenvalue weighted by atomic mass is 9.97. The molecular formula is C15H33O3P. The lowest BCUT2D eigenvalue weighted by Gasteiger charge is -2.37. The zero-order valence-electron chi connectivity index (χ0n) is 13.5. The summed E-state index contributed by atoms with van der Waals surface area (Å²) in [6.45, 7) is 13.1. The van der Waals surface area contributed by atoms with Gasteiger partial charge in [-0.25, -0.2) is 0 Å². The highest BCUT2D eigenvalue weighted by Crippen LogP contribution is 2.49. The van der Waals surface area contributed by atoms with E-state index in [9.17, 15) is 15.3 Å². The molecule has 0 rings (SSSR count). The number of rotatable bonds is 9. The Morgan fingerprint density at radius 2 is 0.789 bits per heavy atom. The Kier molecular flexibility index (Phi) is 7.48. The Bertz CT molecular complexity index is 219. The monoisotopic (exact) mass is 292 g/mol. The third kappa shape index (κ3) is 8.24. The highest BCUT2D eigenvalue weighted by atomic mass is 31.1. The topological polar surface area (TPSA) is 60.7 Å². The molecule has 0 unspecified atom stereocenters. The second-order valence-corrected chi connectivity index (χ2v) is 10.4. The van der Waals surface area contributed by atoms with Crippen LogP contribution in [0.2, 0.25) is 0 Å². The summed E-state index contributed by atoms with van der Waals surface area (Å²) in [6.07, 6.45) is 2.93. The summed E-state index contributed by atoms with van der Waals surface area (Å²) in [5.74, 6) is 0. The molecule has 0 aromatic carbocycles. The molecule has 3 N–H and O–H groups in total. The van der Waals surface area contributed by atoms with Crippen LogP contribution in [0, 0.1) is 16.2 Å². The highest BCUT2D eigenvalue weighted by molar-refractivity contribution is 7.57. The van der Waals surface area contributed by atoms with Crippen molar-refractivity contribution in [3.8, 4) is 0 Å². The van der Waals surface area contributed by atoms with Crippen molar-refractivity contribution in [3.63, 3.8) is 0 Å². The smallest absolute Gasteiger partial charge is 0.0485 e. The minimum absolute atomic E-state index is 0.0806. The van der Waals surface area contributed by atoms with Gasteiger partial charge in [0.25, 0.3) is 0 Å². The van der Waals surface area contributed by atoms with Gasteiger partial charge in [0.1, 0.15) is 0 Å². The molecule has 3 nitrogen and oxygen atoms in total. The quantitative estimate of drug-likeness (QED) is 0.572. The molecule has 4 heteroatoms. The number of hydrogen-bond donors (Lipinski definition) is 3. The molecule has 0 spiro atoms. The molecule has 0 saturated heterocycles. The van der Waals surface area contributed by atoms with E-state index in [1.54, 1.807) is 0 Å². The van der Waals surface area contributed by atoms with E-state index >= 15 is 0 Å². The molecule has 0 aromatic rings. The maximum absolute atomic E-state index is 9.47. The van der Waals surface area contributed by atoms with Crippen LogP contribution in [0.3, 0.4) is 0 Å². The molecule has 0 heterocycles. The van der Waals surface area contributed by atoms with Crippen LogP contribution in [0.1, 0.15) is 41.5 Å². The summed E-state index contributed by atoms with van der Waals surface area (Å²) in [5, 5.41) is 28.4. The molecule has 0 radical (unpaired) electrons. The largest absolute Gasteiger partial charge is 0.396 e. The van der Waals surface area contributed by atoms with E-state index in [0.717, 1.165) is 18.5 Å². The molecule has 0 aliphatic heterocycles. The maximum atomic E-state index is 9.47. The third-order valence-corrected chi connectivity index (χ3v) is 7.15. The van der Waals surface area contributed by atoms with E-state index in [1.165, 1.54) is 0 Å². The molecule has 116 valence electrons. The maximum Gasteiger partial charge on any atom is 0.0485 e. The molecule has 0 aliphatic rings. The van der Waals surface area contributed by atoms with Crippen molar-refractivity contribution in [1.82, 2.24) is 0 Å². The van der Waals surface area contributed by atoms with Gasteiger partial charge in [0.05, 0.1) is 0 Å². The van der Waals surface area contributed by atoms with Gasteiger partial charge < -0.3 is 15.3 Å². The lowest BCUT2D eigenvalue weighted by Crippen LogP contribution is -2.30. The fraction of sp³-hybridized carbons (Fsp3) is 1.00. The predicted molar refractivity (Wildman–Crippen MR) is 84.1 cm³/mol. The van der Waals surface area contributed by atoms with Crippen LogP contribution in [0.15, 0.2) is 0 Å². The van der Waals surface area contributed by atoms with Gasteiger partial charge in [-0.2, -0.15) is 0 Å². The van der Waals surface area contributed by atoms with Gasteiger partial charge in [0, 0.05) is 19.8 Å². The van der Waals surface area contributed by atoms with Crippen molar-refractivity contribution < 1.29 is 15.3 Å². The van der Waals surface area contributed by atoms with Crippen molar-refractivity contribution >= 4 is 7.92 Å².